The number of carbonyl (C=O) groups excluding carboxylic acids is 2. The average molecular weight is 366 g/mol. The third kappa shape index (κ3) is 4.11. The van der Waals surface area contributed by atoms with Gasteiger partial charge in [-0.05, 0) is 43.2 Å². The summed E-state index contributed by atoms with van der Waals surface area (Å²) in [5.41, 5.74) is 3.37. The normalized spacial score (nSPS) is 12.8. The highest BCUT2D eigenvalue weighted by Crippen LogP contribution is 2.34. The molecular formula is C21H22N2O4. The summed E-state index contributed by atoms with van der Waals surface area (Å²) in [6.45, 7) is 7.90. The highest BCUT2D eigenvalue weighted by Gasteiger charge is 2.24. The van der Waals surface area contributed by atoms with Gasteiger partial charge in [-0.2, -0.15) is 0 Å². The Balaban J connectivity index is 1.66. The molecule has 1 heterocycles. The Hall–Kier alpha value is -3.28. The Morgan fingerprint density at radius 2 is 2.15 bits per heavy atom. The molecule has 1 aliphatic heterocycles. The predicted octanol–water partition coefficient (Wildman–Crippen LogP) is 3.23. The van der Waals surface area contributed by atoms with Gasteiger partial charge in [-0.25, -0.2) is 0 Å². The first-order valence-corrected chi connectivity index (χ1v) is 8.66. The third-order valence-electron chi connectivity index (χ3n) is 4.41. The number of aryl methyl sites for hydroxylation is 1. The van der Waals surface area contributed by atoms with Crippen LogP contribution in [0.5, 0.6) is 11.5 Å². The fraction of sp³-hybridized carbons (Fsp3) is 0.238. The molecule has 0 aliphatic carbocycles. The molecule has 0 bridgehead atoms. The fourth-order valence-electron chi connectivity index (χ4n) is 2.83. The van der Waals surface area contributed by atoms with E-state index < -0.39 is 0 Å². The van der Waals surface area contributed by atoms with Crippen molar-refractivity contribution in [2.24, 2.45) is 0 Å². The molecule has 0 aromatic heterocycles. The first-order valence-electron chi connectivity index (χ1n) is 8.66. The smallest absolute Gasteiger partial charge is 0.265 e. The van der Waals surface area contributed by atoms with E-state index in [9.17, 15) is 9.59 Å². The van der Waals surface area contributed by atoms with Gasteiger partial charge >= 0.3 is 0 Å². The van der Waals surface area contributed by atoms with Crippen LogP contribution >= 0.6 is 0 Å². The lowest BCUT2D eigenvalue weighted by atomic mass is 10.1. The van der Waals surface area contributed by atoms with E-state index in [1.54, 1.807) is 29.2 Å². The monoisotopic (exact) mass is 366 g/mol. The summed E-state index contributed by atoms with van der Waals surface area (Å²) in [6.07, 6.45) is 1.66. The molecule has 0 saturated heterocycles. The molecule has 2 aromatic carbocycles. The minimum Gasteiger partial charge on any atom is -0.483 e. The Kier molecular flexibility index (Phi) is 5.45. The van der Waals surface area contributed by atoms with Gasteiger partial charge < -0.3 is 19.7 Å². The number of amides is 2. The minimum atomic E-state index is -0.273. The molecule has 0 fully saturated rings. The topological polar surface area (TPSA) is 67.9 Å². The lowest BCUT2D eigenvalue weighted by molar-refractivity contribution is -0.121. The maximum atomic E-state index is 12.2. The number of fused-ring (bicyclic) bond motifs is 1. The largest absolute Gasteiger partial charge is 0.483 e. The molecule has 27 heavy (non-hydrogen) atoms. The zero-order valence-electron chi connectivity index (χ0n) is 15.5. The van der Waals surface area contributed by atoms with E-state index >= 15 is 0 Å². The lowest BCUT2D eigenvalue weighted by Gasteiger charge is -2.28. The number of hydrogen-bond donors (Lipinski definition) is 1. The van der Waals surface area contributed by atoms with Crippen LogP contribution in [0, 0.1) is 13.8 Å². The summed E-state index contributed by atoms with van der Waals surface area (Å²) in [6, 6.07) is 10.9. The summed E-state index contributed by atoms with van der Waals surface area (Å²) >= 11 is 0. The molecule has 0 spiro atoms. The predicted molar refractivity (Wildman–Crippen MR) is 105 cm³/mol. The van der Waals surface area contributed by atoms with Crippen molar-refractivity contribution in [2.75, 3.05) is 30.0 Å². The van der Waals surface area contributed by atoms with Gasteiger partial charge in [-0.15, -0.1) is 6.58 Å². The standard InChI is InChI=1S/C21H22N2O4/c1-4-10-23-17-9-8-16(11-19(17)27-13-21(23)25)22-20(24)12-26-18-7-5-6-14(2)15(18)3/h4-9,11H,1,10,12-13H2,2-3H3,(H,22,24). The third-order valence-corrected chi connectivity index (χ3v) is 4.41. The van der Waals surface area contributed by atoms with E-state index in [4.69, 9.17) is 9.47 Å². The lowest BCUT2D eigenvalue weighted by Crippen LogP contribution is -2.38. The number of carbonyl (C=O) groups is 2. The molecule has 1 N–H and O–H groups in total. The maximum absolute atomic E-state index is 12.2. The SMILES string of the molecule is C=CCN1C(=O)COc2cc(NC(=O)COc3cccc(C)c3C)ccc21. The van der Waals surface area contributed by atoms with Crippen LogP contribution in [-0.4, -0.2) is 31.6 Å². The molecule has 6 nitrogen and oxygen atoms in total. The molecule has 0 saturated carbocycles. The molecule has 6 heteroatoms. The van der Waals surface area contributed by atoms with Crippen molar-refractivity contribution in [3.05, 3.63) is 60.2 Å². The van der Waals surface area contributed by atoms with Crippen molar-refractivity contribution in [2.45, 2.75) is 13.8 Å². The molecule has 0 unspecified atom stereocenters. The first-order chi connectivity index (χ1) is 13.0. The van der Waals surface area contributed by atoms with E-state index in [0.29, 0.717) is 29.4 Å². The van der Waals surface area contributed by atoms with Crippen molar-refractivity contribution in [1.82, 2.24) is 0 Å². The Morgan fingerprint density at radius 3 is 2.93 bits per heavy atom. The summed E-state index contributed by atoms with van der Waals surface area (Å²) in [7, 11) is 0. The van der Waals surface area contributed by atoms with Gasteiger partial charge in [-0.3, -0.25) is 9.59 Å². The number of rotatable bonds is 6. The van der Waals surface area contributed by atoms with Crippen LogP contribution in [0.1, 0.15) is 11.1 Å². The van der Waals surface area contributed by atoms with Crippen LogP contribution in [0.3, 0.4) is 0 Å². The Labute approximate surface area is 158 Å². The first kappa shape index (κ1) is 18.5. The summed E-state index contributed by atoms with van der Waals surface area (Å²) in [4.78, 5) is 25.8. The minimum absolute atomic E-state index is 0.0337. The van der Waals surface area contributed by atoms with E-state index in [0.717, 1.165) is 11.1 Å². The molecule has 140 valence electrons. The van der Waals surface area contributed by atoms with E-state index in [1.807, 2.05) is 32.0 Å². The number of hydrogen-bond acceptors (Lipinski definition) is 4. The second kappa shape index (κ2) is 7.95. The molecule has 1 aliphatic rings. The number of anilines is 2. The van der Waals surface area contributed by atoms with E-state index in [2.05, 4.69) is 11.9 Å². The Morgan fingerprint density at radius 1 is 1.33 bits per heavy atom. The number of nitrogens with zero attached hydrogens (tertiary/aromatic N) is 1. The maximum Gasteiger partial charge on any atom is 0.265 e. The fourth-order valence-corrected chi connectivity index (χ4v) is 2.83. The van der Waals surface area contributed by atoms with Gasteiger partial charge in [-0.1, -0.05) is 18.2 Å². The molecule has 3 rings (SSSR count). The van der Waals surface area contributed by atoms with Crippen molar-refractivity contribution in [3.8, 4) is 11.5 Å². The van der Waals surface area contributed by atoms with Crippen molar-refractivity contribution < 1.29 is 19.1 Å². The van der Waals surface area contributed by atoms with Gasteiger partial charge in [0, 0.05) is 18.3 Å². The van der Waals surface area contributed by atoms with Crippen LogP contribution in [0.15, 0.2) is 49.1 Å². The van der Waals surface area contributed by atoms with Gasteiger partial charge in [0.1, 0.15) is 11.5 Å². The summed E-state index contributed by atoms with van der Waals surface area (Å²) in [5, 5.41) is 2.79. The quantitative estimate of drug-likeness (QED) is 0.797. The molecule has 2 aromatic rings. The number of ether oxygens (including phenoxy) is 2. The zero-order valence-corrected chi connectivity index (χ0v) is 15.5. The van der Waals surface area contributed by atoms with Gasteiger partial charge in [0.25, 0.3) is 11.8 Å². The average Bonchev–Trinajstić information content (AvgIpc) is 2.65. The van der Waals surface area contributed by atoms with Gasteiger partial charge in [0.05, 0.1) is 5.69 Å². The van der Waals surface area contributed by atoms with Crippen molar-refractivity contribution >= 4 is 23.2 Å². The molecule has 0 radical (unpaired) electrons. The molecule has 0 atom stereocenters. The molecular weight excluding hydrogens is 344 g/mol. The number of nitrogens with one attached hydrogen (secondary N) is 1. The summed E-state index contributed by atoms with van der Waals surface area (Å²) in [5.74, 6) is 0.842. The van der Waals surface area contributed by atoms with E-state index in [-0.39, 0.29) is 25.0 Å². The zero-order chi connectivity index (χ0) is 19.4. The molecule has 2 amide bonds. The van der Waals surface area contributed by atoms with Crippen LogP contribution in [0.4, 0.5) is 11.4 Å². The van der Waals surface area contributed by atoms with Gasteiger partial charge in [0.15, 0.2) is 13.2 Å². The van der Waals surface area contributed by atoms with Crippen LogP contribution in [-0.2, 0) is 9.59 Å². The second-order valence-electron chi connectivity index (χ2n) is 6.30. The van der Waals surface area contributed by atoms with E-state index in [1.165, 1.54) is 0 Å². The van der Waals surface area contributed by atoms with Gasteiger partial charge in [0.2, 0.25) is 0 Å². The highest BCUT2D eigenvalue weighted by atomic mass is 16.5. The van der Waals surface area contributed by atoms with Crippen molar-refractivity contribution in [1.29, 1.82) is 0 Å². The second-order valence-corrected chi connectivity index (χ2v) is 6.30. The van der Waals surface area contributed by atoms with Crippen molar-refractivity contribution in [3.63, 3.8) is 0 Å². The summed E-state index contributed by atoms with van der Waals surface area (Å²) < 4.78 is 11.1. The van der Waals surface area contributed by atoms with Crippen LogP contribution < -0.4 is 19.7 Å². The Bertz CT molecular complexity index is 892. The van der Waals surface area contributed by atoms with Crippen LogP contribution in [0.2, 0.25) is 0 Å². The number of benzene rings is 2. The van der Waals surface area contributed by atoms with Crippen LogP contribution in [0.25, 0.3) is 0 Å². The highest BCUT2D eigenvalue weighted by molar-refractivity contribution is 5.99.